The van der Waals surface area contributed by atoms with E-state index in [1.165, 1.54) is 10.8 Å². The molecule has 12 heteroatoms. The second-order valence-electron chi connectivity index (χ2n) is 14.3. The molecule has 6 aromatic heterocycles. The van der Waals surface area contributed by atoms with E-state index in [-0.39, 0.29) is 53.3 Å². The average Bonchev–Trinajstić information content (AvgIpc) is 3.83. The third kappa shape index (κ3) is 11.4. The van der Waals surface area contributed by atoms with Gasteiger partial charge >= 0.3 is 42.1 Å². The number of para-hydroxylation sites is 2. The Morgan fingerprint density at radius 3 is 1.21 bits per heavy atom. The van der Waals surface area contributed by atoms with Crippen LogP contribution in [0, 0.1) is 35.4 Å². The number of rotatable bonds is 4. The molecule has 10 aromatic rings. The molecule has 0 saturated heterocycles. The zero-order valence-corrected chi connectivity index (χ0v) is 38.4. The molecule has 316 valence electrons. The van der Waals surface area contributed by atoms with Crippen LogP contribution in [0.1, 0.15) is 50.9 Å². The Balaban J connectivity index is 0.000000155. The van der Waals surface area contributed by atoms with Gasteiger partial charge in [0, 0.05) is 35.7 Å². The summed E-state index contributed by atoms with van der Waals surface area (Å²) in [6.07, 6.45) is 3.10. The number of fused-ring (bicyclic) bond motifs is 6. The molecule has 62 heavy (non-hydrogen) atoms. The van der Waals surface area contributed by atoms with Crippen LogP contribution in [0.3, 0.4) is 0 Å². The van der Waals surface area contributed by atoms with E-state index < -0.39 is 23.3 Å². The summed E-state index contributed by atoms with van der Waals surface area (Å²) in [6.45, 7) is 8.60. The predicted octanol–water partition coefficient (Wildman–Crippen LogP) is 12.6. The topological polar surface area (TPSA) is 79.8 Å². The van der Waals surface area contributed by atoms with Crippen LogP contribution in [0.15, 0.2) is 146 Å². The quantitative estimate of drug-likeness (QED) is 0.129. The van der Waals surface area contributed by atoms with Crippen molar-refractivity contribution in [3.63, 3.8) is 0 Å². The maximum atomic E-state index is 13.2. The van der Waals surface area contributed by atoms with Crippen molar-refractivity contribution in [3.8, 4) is 22.5 Å². The molecule has 0 bridgehead atoms. The fraction of sp³-hybridized carbons (Fsp3) is 0.120. The van der Waals surface area contributed by atoms with E-state index in [0.29, 0.717) is 23.2 Å². The molecule has 0 atom stereocenters. The summed E-state index contributed by atoms with van der Waals surface area (Å²) >= 11 is 0. The van der Waals surface area contributed by atoms with Gasteiger partial charge in [0.15, 0.2) is 0 Å². The van der Waals surface area contributed by atoms with Gasteiger partial charge in [0.05, 0.1) is 0 Å². The third-order valence-corrected chi connectivity index (χ3v) is 9.38. The van der Waals surface area contributed by atoms with Gasteiger partial charge in [-0.25, -0.2) is 0 Å². The van der Waals surface area contributed by atoms with Crippen LogP contribution in [0.2, 0.25) is 0 Å². The maximum Gasteiger partial charge on any atom is 2.00 e. The van der Waals surface area contributed by atoms with Crippen LogP contribution in [0.4, 0.5) is 17.6 Å². The Hall–Kier alpha value is -5.82. The van der Waals surface area contributed by atoms with Gasteiger partial charge in [-0.1, -0.05) is 171 Å². The number of pyridine rings is 4. The van der Waals surface area contributed by atoms with Crippen molar-refractivity contribution >= 4 is 43.9 Å². The molecule has 0 unspecified atom stereocenters. The number of hydrogen-bond donors (Lipinski definition) is 0. The van der Waals surface area contributed by atoms with Crippen LogP contribution < -0.4 is 9.97 Å². The Bertz CT molecular complexity index is 2810. The van der Waals surface area contributed by atoms with Crippen molar-refractivity contribution in [3.05, 3.63) is 193 Å². The first kappa shape index (κ1) is 47.2. The van der Waals surface area contributed by atoms with E-state index >= 15 is 0 Å². The minimum Gasteiger partial charge on any atom is -0.439 e. The molecule has 0 aliphatic rings. The molecule has 0 radical (unpaired) electrons. The SMILES string of the molecule is CC(C)c1ccc2c(n1)[n-]c1ccccc12.CC(C)c1ccc2c(n1)[n-]c1ccccc12.Fc1c[c-]c(-c2ccccn2)c(F)c1.Fc1c[c-]c(-c2ccccn2)c(F)c1.[Pt+2].[Pt+2]. The molecule has 0 saturated carbocycles. The third-order valence-electron chi connectivity index (χ3n) is 9.38. The fourth-order valence-corrected chi connectivity index (χ4v) is 6.29. The van der Waals surface area contributed by atoms with E-state index in [9.17, 15) is 17.6 Å². The number of aromatic nitrogens is 6. The Kier molecular flexibility index (Phi) is 16.6. The van der Waals surface area contributed by atoms with Gasteiger partial charge in [0.2, 0.25) is 0 Å². The van der Waals surface area contributed by atoms with Crippen LogP contribution >= 0.6 is 0 Å². The minimum absolute atomic E-state index is 0. The molecular formula is C50H38F4N6Pt2. The second-order valence-corrected chi connectivity index (χ2v) is 14.3. The normalized spacial score (nSPS) is 10.6. The number of nitrogens with zero attached hydrogens (tertiary/aromatic N) is 6. The van der Waals surface area contributed by atoms with Gasteiger partial charge in [-0.15, -0.1) is 24.3 Å². The summed E-state index contributed by atoms with van der Waals surface area (Å²) < 4.78 is 51.6. The van der Waals surface area contributed by atoms with Crippen molar-refractivity contribution in [1.29, 1.82) is 0 Å². The molecule has 4 aromatic carbocycles. The molecule has 10 rings (SSSR count). The predicted molar refractivity (Wildman–Crippen MR) is 230 cm³/mol. The summed E-state index contributed by atoms with van der Waals surface area (Å²) in [5.74, 6) is -1.68. The maximum absolute atomic E-state index is 13.2. The van der Waals surface area contributed by atoms with Gasteiger partial charge < -0.3 is 29.9 Å². The van der Waals surface area contributed by atoms with Gasteiger partial charge in [-0.05, 0) is 67.9 Å². The van der Waals surface area contributed by atoms with Gasteiger partial charge in [-0.3, -0.25) is 17.6 Å². The van der Waals surface area contributed by atoms with Crippen LogP contribution in [0.5, 0.6) is 0 Å². The smallest absolute Gasteiger partial charge is 0.439 e. The fourth-order valence-electron chi connectivity index (χ4n) is 6.29. The van der Waals surface area contributed by atoms with Crippen LogP contribution in [0.25, 0.3) is 66.4 Å². The number of benzene rings is 4. The van der Waals surface area contributed by atoms with E-state index in [1.54, 1.807) is 48.8 Å². The van der Waals surface area contributed by atoms with E-state index in [2.05, 4.69) is 106 Å². The molecule has 6 heterocycles. The molecule has 0 amide bonds. The monoisotopic (exact) mass is 1190 g/mol. The zero-order valence-electron chi connectivity index (χ0n) is 33.8. The number of hydrogen-bond acceptors (Lipinski definition) is 4. The summed E-state index contributed by atoms with van der Waals surface area (Å²) in [6, 6.07) is 43.9. The summed E-state index contributed by atoms with van der Waals surface area (Å²) in [5, 5.41) is 4.70. The molecule has 6 nitrogen and oxygen atoms in total. The molecule has 0 N–H and O–H groups in total. The summed E-state index contributed by atoms with van der Waals surface area (Å²) in [7, 11) is 0. The first-order chi connectivity index (χ1) is 29.0. The first-order valence-electron chi connectivity index (χ1n) is 19.3. The van der Waals surface area contributed by atoms with Crippen molar-refractivity contribution in [1.82, 2.24) is 29.9 Å². The molecule has 0 aliphatic heterocycles. The van der Waals surface area contributed by atoms with Gasteiger partial charge in [-0.2, -0.15) is 0 Å². The molecular weight excluding hydrogens is 1150 g/mol. The van der Waals surface area contributed by atoms with Crippen molar-refractivity contribution in [2.45, 2.75) is 39.5 Å². The molecule has 0 spiro atoms. The van der Waals surface area contributed by atoms with Crippen LogP contribution in [-0.2, 0) is 42.1 Å². The van der Waals surface area contributed by atoms with Crippen molar-refractivity contribution in [2.75, 3.05) is 0 Å². The zero-order chi connectivity index (χ0) is 42.2. The Labute approximate surface area is 385 Å². The van der Waals surface area contributed by atoms with Crippen molar-refractivity contribution < 1.29 is 59.7 Å². The Morgan fingerprint density at radius 2 is 0.855 bits per heavy atom. The van der Waals surface area contributed by atoms with Crippen molar-refractivity contribution in [2.24, 2.45) is 0 Å². The average molecular weight is 1190 g/mol. The number of halogens is 4. The van der Waals surface area contributed by atoms with E-state index in [0.717, 1.165) is 68.8 Å². The van der Waals surface area contributed by atoms with Gasteiger partial charge in [0.1, 0.15) is 0 Å². The largest absolute Gasteiger partial charge is 2.00 e. The minimum atomic E-state index is -0.649. The standard InChI is InChI=1S/2C14H13N2.2C11H6F2N.2Pt/c2*1-9(2)12-8-7-11-10-5-3-4-6-13(10)16-14(11)15-12;2*12-8-4-5-9(10(13)7-8)11-3-1-2-6-14-11;;/h2*3-9H,1-2H3;2*1-4,6-7H;;/q4*-1;2*+2. The Morgan fingerprint density at radius 1 is 0.468 bits per heavy atom. The molecule has 0 fully saturated rings. The van der Waals surface area contributed by atoms with Crippen LogP contribution in [-0.4, -0.2) is 19.9 Å². The molecule has 0 aliphatic carbocycles. The van der Waals surface area contributed by atoms with E-state index in [4.69, 9.17) is 0 Å². The summed E-state index contributed by atoms with van der Waals surface area (Å²) in [5.41, 5.74) is 7.29. The van der Waals surface area contributed by atoms with E-state index in [1.807, 2.05) is 36.4 Å². The summed E-state index contributed by atoms with van der Waals surface area (Å²) in [4.78, 5) is 26.2. The first-order valence-corrected chi connectivity index (χ1v) is 19.3. The van der Waals surface area contributed by atoms with Gasteiger partial charge in [0.25, 0.3) is 0 Å². The second kappa shape index (κ2) is 21.8.